The molecule has 55 valence electrons. The molecular weight excluding hydrogens is 170 g/mol. The van der Waals surface area contributed by atoms with E-state index in [9.17, 15) is 13.2 Å². The molecule has 0 atom stereocenters. The van der Waals surface area contributed by atoms with E-state index in [1.807, 2.05) is 0 Å². The lowest BCUT2D eigenvalue weighted by Crippen LogP contribution is -2.05. The van der Waals surface area contributed by atoms with Gasteiger partial charge in [-0.05, 0) is 0 Å². The lowest BCUT2D eigenvalue weighted by Gasteiger charge is -1.98. The number of hydrogen-bond acceptors (Lipinski definition) is 2. The van der Waals surface area contributed by atoms with Crippen molar-refractivity contribution in [2.75, 3.05) is 0 Å². The second-order valence-electron chi connectivity index (χ2n) is 1.44. The number of nitrogens with zero attached hydrogens (tertiary/aromatic N) is 1. The van der Waals surface area contributed by atoms with E-state index in [1.165, 1.54) is 0 Å². The highest BCUT2D eigenvalue weighted by Crippen LogP contribution is 2.32. The lowest BCUT2D eigenvalue weighted by molar-refractivity contribution is -0.142. The smallest absolute Gasteiger partial charge is 0.350 e. The fourth-order valence-corrected chi connectivity index (χ4v) is 0.549. The van der Waals surface area contributed by atoms with Crippen LogP contribution < -0.4 is 0 Å². The van der Waals surface area contributed by atoms with E-state index >= 15 is 0 Å². The maximum Gasteiger partial charge on any atom is 0.438 e. The van der Waals surface area contributed by atoms with Gasteiger partial charge in [-0.3, -0.25) is 0 Å². The minimum Gasteiger partial charge on any atom is -0.350 e. The van der Waals surface area contributed by atoms with Gasteiger partial charge in [0.05, 0.1) is 0 Å². The van der Waals surface area contributed by atoms with Gasteiger partial charge in [0.25, 0.3) is 0 Å². The number of aromatic nitrogens is 1. The predicted molar refractivity (Wildman–Crippen MR) is 25.4 cm³/mol. The van der Waals surface area contributed by atoms with Crippen molar-refractivity contribution in [3.05, 3.63) is 17.0 Å². The molecule has 0 N–H and O–H groups in total. The van der Waals surface area contributed by atoms with Crippen LogP contribution in [0.2, 0.25) is 5.02 Å². The van der Waals surface area contributed by atoms with Gasteiger partial charge >= 0.3 is 6.18 Å². The molecule has 1 rings (SSSR count). The molecule has 0 aliphatic carbocycles. The van der Waals surface area contributed by atoms with Gasteiger partial charge in [0.2, 0.25) is 12.0 Å². The third kappa shape index (κ3) is 1.23. The summed E-state index contributed by atoms with van der Waals surface area (Å²) in [6.45, 7) is 0. The van der Waals surface area contributed by atoms with Gasteiger partial charge in [-0.1, -0.05) is 16.8 Å². The van der Waals surface area contributed by atoms with Gasteiger partial charge < -0.3 is 4.52 Å². The molecule has 0 fully saturated rings. The average molecular weight is 170 g/mol. The molecule has 1 radical (unpaired) electrons. The number of hydrogen-bond donors (Lipinski definition) is 0. The summed E-state index contributed by atoms with van der Waals surface area (Å²) in [4.78, 5) is 0. The fourth-order valence-electron chi connectivity index (χ4n) is 0.373. The zero-order valence-electron chi connectivity index (χ0n) is 4.37. The second-order valence-corrected chi connectivity index (χ2v) is 1.82. The van der Waals surface area contributed by atoms with Gasteiger partial charge in [0.15, 0.2) is 0 Å². The Kier molecular flexibility index (Phi) is 1.60. The molecule has 1 heterocycles. The van der Waals surface area contributed by atoms with Crippen LogP contribution in [0.5, 0.6) is 0 Å². The van der Waals surface area contributed by atoms with Crippen LogP contribution in [-0.2, 0) is 6.18 Å². The van der Waals surface area contributed by atoms with Crippen molar-refractivity contribution in [3.8, 4) is 0 Å². The highest BCUT2D eigenvalue weighted by Gasteiger charge is 2.37. The van der Waals surface area contributed by atoms with Crippen LogP contribution in [0.3, 0.4) is 0 Å². The quantitative estimate of drug-likeness (QED) is 0.596. The standard InChI is InChI=1S/C4ClF3NO/c5-2-1-10-9-3(2)4(6,7)8. The molecule has 0 spiro atoms. The van der Waals surface area contributed by atoms with Gasteiger partial charge in [-0.25, -0.2) is 0 Å². The molecule has 6 heteroatoms. The van der Waals surface area contributed by atoms with Crippen molar-refractivity contribution in [1.82, 2.24) is 5.16 Å². The largest absolute Gasteiger partial charge is 0.438 e. The monoisotopic (exact) mass is 170 g/mol. The molecule has 2 nitrogen and oxygen atoms in total. The molecule has 0 saturated carbocycles. The van der Waals surface area contributed by atoms with Gasteiger partial charge in [0.1, 0.15) is 5.02 Å². The Labute approximate surface area is 58.6 Å². The molecular formula is C4ClF3NO. The van der Waals surface area contributed by atoms with Crippen LogP contribution in [-0.4, -0.2) is 5.16 Å². The minimum absolute atomic E-state index is 0.646. The normalized spacial score (nSPS) is 12.0. The Morgan fingerprint density at radius 1 is 1.50 bits per heavy atom. The summed E-state index contributed by atoms with van der Waals surface area (Å²) in [5, 5.41) is 1.95. The number of rotatable bonds is 0. The third-order valence-corrected chi connectivity index (χ3v) is 1.00. The number of alkyl halides is 3. The van der Waals surface area contributed by atoms with Crippen LogP contribution in [0.15, 0.2) is 4.52 Å². The van der Waals surface area contributed by atoms with Crippen molar-refractivity contribution in [3.63, 3.8) is 0 Å². The first-order chi connectivity index (χ1) is 4.52. The SMILES string of the molecule is FC(F)(F)c1no[c]c1Cl. The van der Waals surface area contributed by atoms with Crippen molar-refractivity contribution in [2.24, 2.45) is 0 Å². The lowest BCUT2D eigenvalue weighted by atomic mass is 10.4. The van der Waals surface area contributed by atoms with E-state index in [0.717, 1.165) is 0 Å². The highest BCUT2D eigenvalue weighted by molar-refractivity contribution is 6.30. The topological polar surface area (TPSA) is 26.0 Å². The predicted octanol–water partition coefficient (Wildman–Crippen LogP) is 2.15. The molecule has 0 aliphatic rings. The minimum atomic E-state index is -4.55. The first kappa shape index (κ1) is 7.40. The Morgan fingerprint density at radius 2 is 2.10 bits per heavy atom. The maximum absolute atomic E-state index is 11.7. The fraction of sp³-hybridized carbons (Fsp3) is 0.250. The molecule has 1 aromatic heterocycles. The van der Waals surface area contributed by atoms with E-state index in [-0.39, 0.29) is 0 Å². The summed E-state index contributed by atoms with van der Waals surface area (Å²) in [7, 11) is 0. The van der Waals surface area contributed by atoms with E-state index in [1.54, 1.807) is 6.26 Å². The first-order valence-electron chi connectivity index (χ1n) is 2.12. The summed E-state index contributed by atoms with van der Waals surface area (Å²) >= 11 is 4.99. The zero-order valence-corrected chi connectivity index (χ0v) is 5.12. The Hall–Kier alpha value is -0.710. The Morgan fingerprint density at radius 3 is 2.30 bits per heavy atom. The summed E-state index contributed by atoms with van der Waals surface area (Å²) < 4.78 is 38.8. The van der Waals surface area contributed by atoms with E-state index in [2.05, 4.69) is 9.68 Å². The highest BCUT2D eigenvalue weighted by atomic mass is 35.5. The van der Waals surface area contributed by atoms with Gasteiger partial charge in [-0.2, -0.15) is 13.2 Å². The van der Waals surface area contributed by atoms with E-state index in [4.69, 9.17) is 11.6 Å². The number of halogens is 4. The molecule has 0 aliphatic heterocycles. The molecule has 10 heavy (non-hydrogen) atoms. The third-order valence-electron chi connectivity index (χ3n) is 0.749. The van der Waals surface area contributed by atoms with E-state index < -0.39 is 16.9 Å². The van der Waals surface area contributed by atoms with E-state index in [0.29, 0.717) is 0 Å². The molecule has 0 bridgehead atoms. The second kappa shape index (κ2) is 2.16. The van der Waals surface area contributed by atoms with Gasteiger partial charge in [0, 0.05) is 0 Å². The van der Waals surface area contributed by atoms with Crippen LogP contribution in [0.4, 0.5) is 13.2 Å². The van der Waals surface area contributed by atoms with Crippen molar-refractivity contribution in [1.29, 1.82) is 0 Å². The first-order valence-corrected chi connectivity index (χ1v) is 2.49. The van der Waals surface area contributed by atoms with Gasteiger partial charge in [-0.15, -0.1) is 0 Å². The Balaban J connectivity index is 3.05. The summed E-state index contributed by atoms with van der Waals surface area (Å²) in [6, 6.07) is 0. The maximum atomic E-state index is 11.7. The van der Waals surface area contributed by atoms with Crippen LogP contribution in [0, 0.1) is 6.26 Å². The molecule has 1 aromatic rings. The van der Waals surface area contributed by atoms with Crippen molar-refractivity contribution in [2.45, 2.75) is 6.18 Å². The van der Waals surface area contributed by atoms with Crippen molar-refractivity contribution >= 4 is 11.6 Å². The van der Waals surface area contributed by atoms with Crippen molar-refractivity contribution < 1.29 is 17.7 Å². The molecule has 0 unspecified atom stereocenters. The van der Waals surface area contributed by atoms with Crippen LogP contribution in [0.1, 0.15) is 5.69 Å². The van der Waals surface area contributed by atoms with Crippen LogP contribution in [0.25, 0.3) is 0 Å². The average Bonchev–Trinajstić information content (AvgIpc) is 2.11. The summed E-state index contributed by atoms with van der Waals surface area (Å²) in [5.41, 5.74) is -1.24. The summed E-state index contributed by atoms with van der Waals surface area (Å²) in [5.74, 6) is 0. The molecule has 0 amide bonds. The summed E-state index contributed by atoms with van der Waals surface area (Å²) in [6.07, 6.45) is -2.82. The van der Waals surface area contributed by atoms with Crippen LogP contribution >= 0.6 is 11.6 Å². The molecule has 0 aromatic carbocycles. The zero-order chi connectivity index (χ0) is 7.78. The Bertz CT molecular complexity index is 231. The molecule has 0 saturated heterocycles.